The molecule has 1 fully saturated rings. The Bertz CT molecular complexity index is 405. The van der Waals surface area contributed by atoms with Crippen molar-refractivity contribution in [2.45, 2.75) is 27.2 Å². The highest BCUT2D eigenvalue weighted by Crippen LogP contribution is 2.21. The van der Waals surface area contributed by atoms with Gasteiger partial charge in [-0.15, -0.1) is 0 Å². The molecule has 92 valence electrons. The highest BCUT2D eigenvalue weighted by molar-refractivity contribution is 5.84. The SMILES string of the molecule is Cc1cccc(C)c1CC(=O)C1CNCC1C. The van der Waals surface area contributed by atoms with E-state index < -0.39 is 0 Å². The molecule has 0 aromatic heterocycles. The zero-order valence-corrected chi connectivity index (χ0v) is 10.9. The lowest BCUT2D eigenvalue weighted by Gasteiger charge is -2.15. The lowest BCUT2D eigenvalue weighted by atomic mass is 9.88. The minimum Gasteiger partial charge on any atom is -0.316 e. The maximum Gasteiger partial charge on any atom is 0.141 e. The molecule has 0 aliphatic carbocycles. The van der Waals surface area contributed by atoms with Crippen molar-refractivity contribution in [1.82, 2.24) is 5.32 Å². The second-order valence-corrected chi connectivity index (χ2v) is 5.26. The Morgan fingerprint density at radius 3 is 2.47 bits per heavy atom. The first-order valence-electron chi connectivity index (χ1n) is 6.38. The molecule has 1 saturated heterocycles. The van der Waals surface area contributed by atoms with Crippen LogP contribution in [0.2, 0.25) is 0 Å². The topological polar surface area (TPSA) is 29.1 Å². The maximum atomic E-state index is 12.3. The van der Waals surface area contributed by atoms with E-state index in [9.17, 15) is 4.79 Å². The number of nitrogens with one attached hydrogen (secondary N) is 1. The predicted molar refractivity (Wildman–Crippen MR) is 70.2 cm³/mol. The Morgan fingerprint density at radius 2 is 1.94 bits per heavy atom. The van der Waals surface area contributed by atoms with Crippen molar-refractivity contribution in [1.29, 1.82) is 0 Å². The van der Waals surface area contributed by atoms with Gasteiger partial charge in [-0.25, -0.2) is 0 Å². The van der Waals surface area contributed by atoms with Gasteiger partial charge in [-0.05, 0) is 43.0 Å². The van der Waals surface area contributed by atoms with Crippen molar-refractivity contribution in [2.24, 2.45) is 11.8 Å². The van der Waals surface area contributed by atoms with E-state index in [1.807, 2.05) is 0 Å². The normalized spacial score (nSPS) is 23.9. The highest BCUT2D eigenvalue weighted by atomic mass is 16.1. The molecule has 0 radical (unpaired) electrons. The van der Waals surface area contributed by atoms with Crippen LogP contribution in [0.1, 0.15) is 23.6 Å². The molecule has 17 heavy (non-hydrogen) atoms. The molecule has 1 aromatic rings. The van der Waals surface area contributed by atoms with Gasteiger partial charge in [0.2, 0.25) is 0 Å². The molecule has 1 aliphatic rings. The van der Waals surface area contributed by atoms with Crippen molar-refractivity contribution >= 4 is 5.78 Å². The Balaban J connectivity index is 2.13. The summed E-state index contributed by atoms with van der Waals surface area (Å²) in [5.41, 5.74) is 3.69. The summed E-state index contributed by atoms with van der Waals surface area (Å²) in [6.07, 6.45) is 0.592. The summed E-state index contributed by atoms with van der Waals surface area (Å²) in [6, 6.07) is 6.23. The second-order valence-electron chi connectivity index (χ2n) is 5.26. The number of benzene rings is 1. The Kier molecular flexibility index (Phi) is 3.63. The van der Waals surface area contributed by atoms with E-state index in [-0.39, 0.29) is 5.92 Å². The van der Waals surface area contributed by atoms with Gasteiger partial charge in [-0.3, -0.25) is 4.79 Å². The Labute approximate surface area is 103 Å². The second kappa shape index (κ2) is 5.01. The van der Waals surface area contributed by atoms with Gasteiger partial charge < -0.3 is 5.32 Å². The van der Waals surface area contributed by atoms with Crippen molar-refractivity contribution in [2.75, 3.05) is 13.1 Å². The first kappa shape index (κ1) is 12.3. The molecule has 2 heteroatoms. The summed E-state index contributed by atoms with van der Waals surface area (Å²) in [6.45, 7) is 8.17. The number of hydrogen-bond donors (Lipinski definition) is 1. The molecule has 1 aromatic carbocycles. The largest absolute Gasteiger partial charge is 0.316 e. The zero-order chi connectivity index (χ0) is 12.4. The molecule has 0 saturated carbocycles. The molecule has 2 nitrogen and oxygen atoms in total. The van der Waals surface area contributed by atoms with Crippen LogP contribution in [0.5, 0.6) is 0 Å². The molecule has 1 aliphatic heterocycles. The number of ketones is 1. The number of rotatable bonds is 3. The number of Topliss-reactive ketones (excluding diaryl/α,β-unsaturated/α-hetero) is 1. The Hall–Kier alpha value is -1.15. The van der Waals surface area contributed by atoms with Gasteiger partial charge in [0, 0.05) is 18.9 Å². The molecule has 0 bridgehead atoms. The van der Waals surface area contributed by atoms with Gasteiger partial charge >= 0.3 is 0 Å². The summed E-state index contributed by atoms with van der Waals surface area (Å²) in [5, 5.41) is 3.30. The fraction of sp³-hybridized carbons (Fsp3) is 0.533. The van der Waals surface area contributed by atoms with Crippen LogP contribution in [0, 0.1) is 25.7 Å². The molecule has 2 unspecified atom stereocenters. The van der Waals surface area contributed by atoms with Crippen LogP contribution >= 0.6 is 0 Å². The van der Waals surface area contributed by atoms with Crippen LogP contribution in [0.25, 0.3) is 0 Å². The van der Waals surface area contributed by atoms with Crippen molar-refractivity contribution in [3.8, 4) is 0 Å². The van der Waals surface area contributed by atoms with Crippen LogP contribution in [0.15, 0.2) is 18.2 Å². The number of aryl methyl sites for hydroxylation is 2. The van der Waals surface area contributed by atoms with E-state index in [0.717, 1.165) is 13.1 Å². The number of carbonyl (C=O) groups excluding carboxylic acids is 1. The smallest absolute Gasteiger partial charge is 0.141 e. The van der Waals surface area contributed by atoms with E-state index in [1.165, 1.54) is 16.7 Å². The Morgan fingerprint density at radius 1 is 1.29 bits per heavy atom. The van der Waals surface area contributed by atoms with E-state index >= 15 is 0 Å². The number of hydrogen-bond acceptors (Lipinski definition) is 2. The van der Waals surface area contributed by atoms with Gasteiger partial charge in [-0.1, -0.05) is 25.1 Å². The molecule has 2 atom stereocenters. The highest BCUT2D eigenvalue weighted by Gasteiger charge is 2.29. The third kappa shape index (κ3) is 2.58. The number of carbonyl (C=O) groups is 1. The van der Waals surface area contributed by atoms with Gasteiger partial charge in [0.15, 0.2) is 0 Å². The summed E-state index contributed by atoms with van der Waals surface area (Å²) >= 11 is 0. The van der Waals surface area contributed by atoms with E-state index in [2.05, 4.69) is 44.3 Å². The van der Waals surface area contributed by atoms with E-state index in [1.54, 1.807) is 0 Å². The fourth-order valence-electron chi connectivity index (χ4n) is 2.67. The minimum atomic E-state index is 0.203. The summed E-state index contributed by atoms with van der Waals surface area (Å²) in [4.78, 5) is 12.3. The van der Waals surface area contributed by atoms with Crippen LogP contribution in [-0.2, 0) is 11.2 Å². The molecule has 0 spiro atoms. The minimum absolute atomic E-state index is 0.203. The quantitative estimate of drug-likeness (QED) is 0.864. The molecular formula is C15H21NO. The summed E-state index contributed by atoms with van der Waals surface area (Å²) < 4.78 is 0. The molecule has 1 N–H and O–H groups in total. The van der Waals surface area contributed by atoms with E-state index in [0.29, 0.717) is 18.1 Å². The third-order valence-electron chi connectivity index (χ3n) is 3.93. The van der Waals surface area contributed by atoms with Crippen molar-refractivity contribution in [3.05, 3.63) is 34.9 Å². The third-order valence-corrected chi connectivity index (χ3v) is 3.93. The summed E-state index contributed by atoms with van der Waals surface area (Å²) in [5.74, 6) is 1.07. The van der Waals surface area contributed by atoms with Gasteiger partial charge in [0.05, 0.1) is 0 Å². The van der Waals surface area contributed by atoms with Crippen LogP contribution < -0.4 is 5.32 Å². The van der Waals surface area contributed by atoms with E-state index in [4.69, 9.17) is 0 Å². The van der Waals surface area contributed by atoms with Gasteiger partial charge in [0.25, 0.3) is 0 Å². The van der Waals surface area contributed by atoms with Crippen molar-refractivity contribution in [3.63, 3.8) is 0 Å². The summed E-state index contributed by atoms with van der Waals surface area (Å²) in [7, 11) is 0. The molecule has 0 amide bonds. The van der Waals surface area contributed by atoms with Crippen molar-refractivity contribution < 1.29 is 4.79 Å². The van der Waals surface area contributed by atoms with Gasteiger partial charge in [0.1, 0.15) is 5.78 Å². The lowest BCUT2D eigenvalue weighted by Crippen LogP contribution is -2.23. The van der Waals surface area contributed by atoms with Crippen LogP contribution in [0.4, 0.5) is 0 Å². The monoisotopic (exact) mass is 231 g/mol. The molecule has 1 heterocycles. The maximum absolute atomic E-state index is 12.3. The van der Waals surface area contributed by atoms with Gasteiger partial charge in [-0.2, -0.15) is 0 Å². The average Bonchev–Trinajstić information content (AvgIpc) is 2.70. The average molecular weight is 231 g/mol. The molecule has 2 rings (SSSR count). The molecular weight excluding hydrogens is 210 g/mol. The zero-order valence-electron chi connectivity index (χ0n) is 10.9. The first-order chi connectivity index (χ1) is 8.09. The first-order valence-corrected chi connectivity index (χ1v) is 6.38. The fourth-order valence-corrected chi connectivity index (χ4v) is 2.67. The standard InChI is InChI=1S/C15H21NO/c1-10-5-4-6-11(2)13(10)7-15(17)14-9-16-8-12(14)3/h4-6,12,14,16H,7-9H2,1-3H3. The van der Waals surface area contributed by atoms with Crippen LogP contribution in [-0.4, -0.2) is 18.9 Å². The predicted octanol–water partition coefficient (Wildman–Crippen LogP) is 2.27. The van der Waals surface area contributed by atoms with Crippen LogP contribution in [0.3, 0.4) is 0 Å². The lowest BCUT2D eigenvalue weighted by molar-refractivity contribution is -0.122.